The molecule has 4 aromatic rings. The molecule has 0 saturated heterocycles. The van der Waals surface area contributed by atoms with Crippen molar-refractivity contribution in [3.05, 3.63) is 96.2 Å². The fourth-order valence-corrected chi connectivity index (χ4v) is 5.55. The number of thioether (sulfide) groups is 1. The Hall–Kier alpha value is -3.28. The molecule has 6 nitrogen and oxygen atoms in total. The van der Waals surface area contributed by atoms with Crippen molar-refractivity contribution < 1.29 is 31.3 Å². The molecule has 0 atom stereocenters. The fraction of sp³-hybridized carbons (Fsp3) is 0.400. The molecule has 0 fully saturated rings. The molecule has 0 aliphatic rings. The standard InChI is InChI=1S/C18H30O3S.C9H8F3NOS.C8H7N/c1-2-3-4-5-6-7-8-9-10-11-12-17-13-15-18(16-14-17)22(19,20)21;1-15-7-4-2-6(3-5-7)8(13-14)9(10,11)12;1-2-4-8-7(3-1)5-6-9-8/h13-16H,2-12H2,1H3,(H,19,20,21);2-5,14H,1H3;1-6,9H. The zero-order valence-corrected chi connectivity index (χ0v) is 28.1. The van der Waals surface area contributed by atoms with E-state index >= 15 is 0 Å². The Bertz CT molecular complexity index is 1510. The summed E-state index contributed by atoms with van der Waals surface area (Å²) in [5.41, 5.74) is 0.905. The van der Waals surface area contributed by atoms with Crippen molar-refractivity contribution in [2.45, 2.75) is 93.5 Å². The van der Waals surface area contributed by atoms with Crippen molar-refractivity contribution in [2.24, 2.45) is 5.16 Å². The number of nitrogens with zero attached hydrogens (tertiary/aromatic N) is 1. The van der Waals surface area contributed by atoms with Crippen LogP contribution in [0.3, 0.4) is 0 Å². The molecule has 11 heteroatoms. The van der Waals surface area contributed by atoms with Gasteiger partial charge in [-0.15, -0.1) is 11.8 Å². The van der Waals surface area contributed by atoms with Crippen LogP contribution in [0, 0.1) is 0 Å². The molecule has 252 valence electrons. The largest absolute Gasteiger partial charge is 0.437 e. The maximum atomic E-state index is 12.3. The van der Waals surface area contributed by atoms with E-state index in [4.69, 9.17) is 9.76 Å². The van der Waals surface area contributed by atoms with E-state index in [1.165, 1.54) is 117 Å². The number of nitrogens with one attached hydrogen (secondary N) is 1. The van der Waals surface area contributed by atoms with E-state index < -0.39 is 22.0 Å². The summed E-state index contributed by atoms with van der Waals surface area (Å²) in [5, 5.41) is 11.8. The number of H-pyrrole nitrogens is 1. The molecule has 3 N–H and O–H groups in total. The molecule has 0 radical (unpaired) electrons. The normalized spacial score (nSPS) is 11.8. The van der Waals surface area contributed by atoms with Gasteiger partial charge in [0.25, 0.3) is 10.1 Å². The number of aryl methyl sites for hydroxylation is 1. The van der Waals surface area contributed by atoms with Crippen LogP contribution in [-0.2, 0) is 16.5 Å². The topological polar surface area (TPSA) is 103 Å². The third-order valence-corrected chi connectivity index (χ3v) is 8.85. The van der Waals surface area contributed by atoms with Gasteiger partial charge in [-0.25, -0.2) is 0 Å². The first-order valence-corrected chi connectivity index (χ1v) is 18.2. The van der Waals surface area contributed by atoms with E-state index in [0.29, 0.717) is 0 Å². The number of fused-ring (bicyclic) bond motifs is 1. The van der Waals surface area contributed by atoms with Crippen molar-refractivity contribution in [1.82, 2.24) is 4.98 Å². The van der Waals surface area contributed by atoms with Crippen molar-refractivity contribution in [1.29, 1.82) is 0 Å². The van der Waals surface area contributed by atoms with Gasteiger partial charge in [-0.1, -0.05) is 112 Å². The molecule has 3 aromatic carbocycles. The van der Waals surface area contributed by atoms with Crippen molar-refractivity contribution in [3.8, 4) is 0 Å². The number of hydrogen-bond donors (Lipinski definition) is 3. The minimum Gasteiger partial charge on any atom is -0.410 e. The van der Waals surface area contributed by atoms with E-state index in [0.717, 1.165) is 23.3 Å². The van der Waals surface area contributed by atoms with Crippen LogP contribution in [0.5, 0.6) is 0 Å². The van der Waals surface area contributed by atoms with Gasteiger partial charge in [0.2, 0.25) is 0 Å². The van der Waals surface area contributed by atoms with Crippen LogP contribution in [0.1, 0.15) is 82.3 Å². The van der Waals surface area contributed by atoms with Crippen LogP contribution in [-0.4, -0.2) is 41.3 Å². The number of hydrogen-bond acceptors (Lipinski definition) is 5. The summed E-state index contributed by atoms with van der Waals surface area (Å²) in [6, 6.07) is 22.4. The Morgan fingerprint density at radius 2 is 1.37 bits per heavy atom. The van der Waals surface area contributed by atoms with E-state index in [-0.39, 0.29) is 10.5 Å². The molecule has 0 unspecified atom stereocenters. The lowest BCUT2D eigenvalue weighted by Crippen LogP contribution is -2.23. The van der Waals surface area contributed by atoms with Gasteiger partial charge >= 0.3 is 6.18 Å². The molecule has 0 aliphatic heterocycles. The molecule has 0 aliphatic carbocycles. The average molecular weight is 679 g/mol. The van der Waals surface area contributed by atoms with E-state index in [9.17, 15) is 21.6 Å². The molecular formula is C35H45F3N2O4S2. The van der Waals surface area contributed by atoms with Gasteiger partial charge in [-0.3, -0.25) is 4.55 Å². The first kappa shape index (κ1) is 38.9. The van der Waals surface area contributed by atoms with Crippen LogP contribution in [0.15, 0.2) is 100 Å². The Morgan fingerprint density at radius 1 is 0.804 bits per heavy atom. The van der Waals surface area contributed by atoms with E-state index in [2.05, 4.69) is 35.3 Å². The Labute approximate surface area is 275 Å². The summed E-state index contributed by atoms with van der Waals surface area (Å²) in [5.74, 6) is 0. The van der Waals surface area contributed by atoms with Gasteiger partial charge in [0, 0.05) is 22.2 Å². The highest BCUT2D eigenvalue weighted by Gasteiger charge is 2.37. The fourth-order valence-electron chi connectivity index (χ4n) is 4.67. The second-order valence-corrected chi connectivity index (χ2v) is 13.1. The number of rotatable bonds is 14. The van der Waals surface area contributed by atoms with Gasteiger partial charge in [0.15, 0.2) is 5.71 Å². The smallest absolute Gasteiger partial charge is 0.410 e. The monoisotopic (exact) mass is 678 g/mol. The van der Waals surface area contributed by atoms with Crippen molar-refractivity contribution in [3.63, 3.8) is 0 Å². The number of unbranched alkanes of at least 4 members (excludes halogenated alkanes) is 9. The van der Waals surface area contributed by atoms with E-state index in [1.54, 1.807) is 12.1 Å². The zero-order valence-electron chi connectivity index (χ0n) is 26.5. The SMILES string of the molecule is CCCCCCCCCCCCc1ccc(S(=O)(=O)O)cc1.CSc1ccc(C(=NO)C(F)(F)F)cc1.c1ccc2[nH]ccc2c1. The highest BCUT2D eigenvalue weighted by molar-refractivity contribution is 7.98. The predicted octanol–water partition coefficient (Wildman–Crippen LogP) is 10.7. The number of aromatic nitrogens is 1. The van der Waals surface area contributed by atoms with Gasteiger partial charge in [-0.05, 0) is 66.4 Å². The number of halogens is 3. The number of aromatic amines is 1. The lowest BCUT2D eigenvalue weighted by molar-refractivity contribution is -0.0601. The van der Waals surface area contributed by atoms with Crippen molar-refractivity contribution >= 4 is 38.5 Å². The van der Waals surface area contributed by atoms with Gasteiger partial charge in [0.1, 0.15) is 0 Å². The highest BCUT2D eigenvalue weighted by atomic mass is 32.2. The number of alkyl halides is 3. The molecule has 0 spiro atoms. The molecule has 0 amide bonds. The first-order valence-electron chi connectivity index (χ1n) is 15.5. The predicted molar refractivity (Wildman–Crippen MR) is 183 cm³/mol. The minimum absolute atomic E-state index is 0.0284. The maximum absolute atomic E-state index is 12.3. The van der Waals surface area contributed by atoms with E-state index in [1.807, 2.05) is 24.6 Å². The molecule has 46 heavy (non-hydrogen) atoms. The van der Waals surface area contributed by atoms with Crippen LogP contribution >= 0.6 is 11.8 Å². The van der Waals surface area contributed by atoms with Gasteiger partial charge in [0.05, 0.1) is 4.90 Å². The van der Waals surface area contributed by atoms with Crippen LogP contribution in [0.4, 0.5) is 13.2 Å². The zero-order chi connectivity index (χ0) is 33.8. The Balaban J connectivity index is 0.000000262. The molecule has 1 aromatic heterocycles. The third-order valence-electron chi connectivity index (χ3n) is 7.23. The summed E-state index contributed by atoms with van der Waals surface area (Å²) < 4.78 is 67.7. The lowest BCUT2D eigenvalue weighted by Gasteiger charge is -2.08. The number of oxime groups is 1. The summed E-state index contributed by atoms with van der Waals surface area (Å²) >= 11 is 1.42. The summed E-state index contributed by atoms with van der Waals surface area (Å²) in [6.07, 6.45) is 13.3. The Kier molecular flexibility index (Phi) is 17.6. The number of benzene rings is 3. The molecular weight excluding hydrogens is 634 g/mol. The van der Waals surface area contributed by atoms with Crippen LogP contribution in [0.2, 0.25) is 0 Å². The van der Waals surface area contributed by atoms with Crippen LogP contribution < -0.4 is 0 Å². The maximum Gasteiger partial charge on any atom is 0.437 e. The lowest BCUT2D eigenvalue weighted by atomic mass is 10.0. The minimum atomic E-state index is -4.64. The number of para-hydroxylation sites is 1. The molecule has 1 heterocycles. The average Bonchev–Trinajstić information content (AvgIpc) is 3.52. The van der Waals surface area contributed by atoms with Gasteiger partial charge < -0.3 is 10.2 Å². The third kappa shape index (κ3) is 14.9. The summed E-state index contributed by atoms with van der Waals surface area (Å²) in [7, 11) is -4.06. The van der Waals surface area contributed by atoms with Crippen molar-refractivity contribution in [2.75, 3.05) is 6.26 Å². The summed E-state index contributed by atoms with van der Waals surface area (Å²) in [4.78, 5) is 3.94. The quantitative estimate of drug-likeness (QED) is 0.0308. The second kappa shape index (κ2) is 20.8. The molecule has 0 bridgehead atoms. The molecule has 0 saturated carbocycles. The Morgan fingerprint density at radius 3 is 1.87 bits per heavy atom. The summed E-state index contributed by atoms with van der Waals surface area (Å²) in [6.45, 7) is 2.25. The van der Waals surface area contributed by atoms with Crippen LogP contribution in [0.25, 0.3) is 10.9 Å². The molecule has 4 rings (SSSR count). The second-order valence-electron chi connectivity index (χ2n) is 10.8. The highest BCUT2D eigenvalue weighted by Crippen LogP contribution is 2.24. The van der Waals surface area contributed by atoms with Gasteiger partial charge in [-0.2, -0.15) is 21.6 Å². The first-order chi connectivity index (χ1) is 22.0.